The zero-order valence-electron chi connectivity index (χ0n) is 65.5. The molecule has 0 radical (unpaired) electrons. The Hall–Kier alpha value is -3.09. The fourth-order valence-electron chi connectivity index (χ4n) is 17.2. The highest BCUT2D eigenvalue weighted by Gasteiger charge is 2.58. The van der Waals surface area contributed by atoms with Crippen LogP contribution >= 0.6 is 0 Å². The Morgan fingerprint density at radius 1 is 0.485 bits per heavy atom. The largest absolute Gasteiger partial charge is 0.459 e. The van der Waals surface area contributed by atoms with E-state index in [9.17, 15) is 75.0 Å². The van der Waals surface area contributed by atoms with E-state index in [4.69, 9.17) is 56.8 Å². The number of nitrogens with zero attached hydrogens (tertiary/aromatic N) is 2. The zero-order chi connectivity index (χ0) is 78.2. The molecular weight excluding hydrogens is 1350 g/mol. The average molecular weight is 1480 g/mol. The smallest absolute Gasteiger partial charge is 0.311 e. The molecule has 36 atom stereocenters. The molecular formula is C74H130N2O27. The number of cyclic esters (lactones) is 2. The quantitative estimate of drug-likeness (QED) is 0.0993. The van der Waals surface area contributed by atoms with Crippen molar-refractivity contribution in [1.82, 2.24) is 9.80 Å². The van der Waals surface area contributed by atoms with Crippen molar-refractivity contribution in [3.8, 4) is 0 Å². The monoisotopic (exact) mass is 1480 g/mol. The zero-order valence-corrected chi connectivity index (χ0v) is 65.5. The number of ether oxygens (including phenoxy) is 12. The molecule has 0 saturated carbocycles. The first kappa shape index (κ1) is 88.8. The first-order chi connectivity index (χ1) is 47.4. The molecule has 0 spiro atoms. The number of esters is 2. The van der Waals surface area contributed by atoms with Crippen LogP contribution in [0.4, 0.5) is 0 Å². The van der Waals surface area contributed by atoms with Crippen LogP contribution in [0.15, 0.2) is 0 Å². The minimum absolute atomic E-state index is 0.0300. The molecule has 6 aliphatic heterocycles. The predicted molar refractivity (Wildman–Crippen MR) is 371 cm³/mol. The third-order valence-electron chi connectivity index (χ3n) is 24.2. The van der Waals surface area contributed by atoms with Gasteiger partial charge in [0.1, 0.15) is 59.4 Å². The van der Waals surface area contributed by atoms with Crippen molar-refractivity contribution in [2.24, 2.45) is 47.3 Å². The number of rotatable bonds is 16. The van der Waals surface area contributed by atoms with Crippen LogP contribution in [0.1, 0.15) is 190 Å². The van der Waals surface area contributed by atoms with Gasteiger partial charge in [-0.25, -0.2) is 0 Å². The number of amides is 1. The van der Waals surface area contributed by atoms with Crippen molar-refractivity contribution < 1.29 is 132 Å². The van der Waals surface area contributed by atoms with Gasteiger partial charge in [-0.3, -0.25) is 28.9 Å². The van der Waals surface area contributed by atoms with Crippen LogP contribution in [0.2, 0.25) is 0 Å². The highest BCUT2D eigenvalue weighted by atomic mass is 16.7. The lowest BCUT2D eigenvalue weighted by atomic mass is 9.74. The van der Waals surface area contributed by atoms with Gasteiger partial charge in [0.15, 0.2) is 25.2 Å². The van der Waals surface area contributed by atoms with Crippen LogP contribution in [-0.2, 0) is 80.8 Å². The first-order valence-corrected chi connectivity index (χ1v) is 37.2. The van der Waals surface area contributed by atoms with E-state index in [1.165, 1.54) is 81.6 Å². The lowest BCUT2D eigenvalue weighted by molar-refractivity contribution is -0.318. The number of carbonyl (C=O) groups is 5. The summed E-state index contributed by atoms with van der Waals surface area (Å²) in [4.78, 5) is 75.8. The van der Waals surface area contributed by atoms with Crippen molar-refractivity contribution in [2.45, 2.75) is 358 Å². The van der Waals surface area contributed by atoms with E-state index >= 15 is 0 Å². The highest BCUT2D eigenvalue weighted by Crippen LogP contribution is 2.45. The maximum Gasteiger partial charge on any atom is 0.311 e. The van der Waals surface area contributed by atoms with E-state index in [1.807, 2.05) is 0 Å². The number of aliphatic hydroxyl groups excluding tert-OH is 6. The van der Waals surface area contributed by atoms with E-state index in [0.717, 1.165) is 0 Å². The summed E-state index contributed by atoms with van der Waals surface area (Å²) in [5.74, 6) is -12.5. The van der Waals surface area contributed by atoms with Crippen LogP contribution in [0.25, 0.3) is 0 Å². The van der Waals surface area contributed by atoms with Crippen molar-refractivity contribution in [1.29, 1.82) is 0 Å². The number of aliphatic hydroxyl groups is 10. The highest BCUT2D eigenvalue weighted by molar-refractivity contribution is 5.84. The van der Waals surface area contributed by atoms with Gasteiger partial charge in [-0.05, 0) is 129 Å². The van der Waals surface area contributed by atoms with Gasteiger partial charge in [0, 0.05) is 75.7 Å². The summed E-state index contributed by atoms with van der Waals surface area (Å²) in [7, 11) is 5.97. The van der Waals surface area contributed by atoms with Gasteiger partial charge in [-0.15, -0.1) is 0 Å². The van der Waals surface area contributed by atoms with E-state index in [1.54, 1.807) is 95.0 Å². The molecule has 6 fully saturated rings. The molecule has 6 saturated heterocycles. The second-order valence-electron chi connectivity index (χ2n) is 32.9. The maximum atomic E-state index is 14.9. The SMILES string of the molecule is CC[C@H]1OC(=O)[C@H](C)[C@@H](OC2CC(C)(OC)C(O)C(C)O2)[C@H](C)[C@@H](OC2OC(C)CC(N(C)CC(=O)N(C)C3CC(C)OC(O[C@@H]4[C@@H](C)[C@H](OC5CC(C)(OC)C(O)C(C)O5)[C@@H](C)C(=O)O[C@H](CC)[C@@](C)(O)[C@H](O)[C@@H](C)C(=O)[C@H](C)C[C@]4(C)O)C3O)C2O)[C@@](C)(O)C[C@@H](C)C(=O)[C@H](C)[C@@H](O)[C@]1(C)O. The Bertz CT molecular complexity index is 2810. The molecule has 6 heterocycles. The van der Waals surface area contributed by atoms with Gasteiger partial charge >= 0.3 is 11.9 Å². The summed E-state index contributed by atoms with van der Waals surface area (Å²) in [5, 5.41) is 121. The molecule has 6 rings (SSSR count). The molecule has 0 aromatic heterocycles. The fraction of sp³-hybridized carbons (Fsp3) is 0.932. The molecule has 598 valence electrons. The molecule has 29 heteroatoms. The molecule has 0 aromatic carbocycles. The molecule has 16 unspecified atom stereocenters. The lowest BCUT2D eigenvalue weighted by Gasteiger charge is -2.49. The minimum atomic E-state index is -2.12. The number of hydrogen-bond acceptors (Lipinski definition) is 28. The summed E-state index contributed by atoms with van der Waals surface area (Å²) >= 11 is 0. The summed E-state index contributed by atoms with van der Waals surface area (Å²) in [6, 6.07) is -1.94. The molecule has 10 N–H and O–H groups in total. The fourth-order valence-corrected chi connectivity index (χ4v) is 17.2. The Morgan fingerprint density at radius 3 is 1.17 bits per heavy atom. The minimum Gasteiger partial charge on any atom is -0.459 e. The van der Waals surface area contributed by atoms with E-state index in [2.05, 4.69) is 0 Å². The molecule has 6 aliphatic rings. The van der Waals surface area contributed by atoms with Gasteiger partial charge in [0.05, 0.1) is 108 Å². The maximum absolute atomic E-state index is 14.9. The molecule has 29 nitrogen and oxygen atoms in total. The van der Waals surface area contributed by atoms with E-state index in [0.29, 0.717) is 0 Å². The van der Waals surface area contributed by atoms with Crippen molar-refractivity contribution >= 4 is 29.4 Å². The van der Waals surface area contributed by atoms with E-state index < -0.39 is 245 Å². The summed E-state index contributed by atoms with van der Waals surface area (Å²) in [6.45, 7) is 30.8. The topological polar surface area (TPSA) is 405 Å². The summed E-state index contributed by atoms with van der Waals surface area (Å²) < 4.78 is 76.1. The average Bonchev–Trinajstić information content (AvgIpc) is 0.776. The molecule has 1 amide bonds. The van der Waals surface area contributed by atoms with Crippen LogP contribution in [0.5, 0.6) is 0 Å². The standard InChI is InChI=1S/C74H130N2O27/c1-25-48-73(19,90)59(82)38(7)53(78)34(3)29-69(15,88)63(40(9)57(42(11)65(86)98-48)100-51-31-71(17,92-23)61(84)44(13)96-51)102-67-55(80)46(27-36(5)94-67)75(21)33-50(77)76(22)47-28-37(6)95-68(56(47)81)103-64-41(10)58(101-52-32-72(18,93-24)62(85)45(14)97-52)43(12)66(87)99-49(26-2)74(20,91)60(83)39(8)54(79)35(4)30-70(64,16)89/h34-49,51-52,55-64,67-68,80-85,88-91H,25-33H2,1-24H3/t34-,35-,36?,37?,38+,39+,40+,41+,42-,43-,44?,45?,46?,47?,48-,49-,51?,52?,55?,56?,57+,58+,59-,60-,61?,62?,63-,64-,67?,68?,69+,70+,71?,72?,73-,74-/m1/s1. The molecule has 0 aromatic rings. The van der Waals surface area contributed by atoms with Crippen LogP contribution < -0.4 is 0 Å². The molecule has 0 aliphatic carbocycles. The predicted octanol–water partition coefficient (Wildman–Crippen LogP) is 2.85. The number of methoxy groups -OCH3 is 2. The Kier molecular flexibility index (Phi) is 30.1. The van der Waals surface area contributed by atoms with Crippen LogP contribution in [0.3, 0.4) is 0 Å². The number of likely N-dealkylation sites (N-methyl/N-ethyl adjacent to an activating group) is 2. The molecule has 103 heavy (non-hydrogen) atoms. The van der Waals surface area contributed by atoms with Crippen LogP contribution in [0, 0.1) is 47.3 Å². The van der Waals surface area contributed by atoms with Gasteiger partial charge < -0.3 is 113 Å². The normalized spacial score (nSPS) is 49.4. The van der Waals surface area contributed by atoms with Crippen molar-refractivity contribution in [3.63, 3.8) is 0 Å². The van der Waals surface area contributed by atoms with E-state index in [-0.39, 0.29) is 57.9 Å². The molecule has 0 bridgehead atoms. The second kappa shape index (κ2) is 34.9. The van der Waals surface area contributed by atoms with Crippen molar-refractivity contribution in [2.75, 3.05) is 34.9 Å². The Labute approximate surface area is 609 Å². The number of carbonyl (C=O) groups excluding carboxylic acids is 5. The Balaban J connectivity index is 1.32. The first-order valence-electron chi connectivity index (χ1n) is 37.2. The Morgan fingerprint density at radius 2 is 0.825 bits per heavy atom. The van der Waals surface area contributed by atoms with Gasteiger partial charge in [0.2, 0.25) is 5.91 Å². The van der Waals surface area contributed by atoms with Gasteiger partial charge in [-0.2, -0.15) is 0 Å². The number of Topliss-reactive ketones (excluding diaryl/α,β-unsaturated/α-hetero) is 2. The third-order valence-corrected chi connectivity index (χ3v) is 24.2. The van der Waals surface area contributed by atoms with Crippen LogP contribution in [-0.4, -0.2) is 294 Å². The summed E-state index contributed by atoms with van der Waals surface area (Å²) in [5.41, 5.74) is -10.7. The van der Waals surface area contributed by atoms with Gasteiger partial charge in [-0.1, -0.05) is 55.4 Å². The second-order valence-corrected chi connectivity index (χ2v) is 32.9. The lowest BCUT2D eigenvalue weighted by Crippen LogP contribution is -2.62. The number of hydrogen-bond donors (Lipinski definition) is 10. The van der Waals surface area contributed by atoms with Gasteiger partial charge in [0.25, 0.3) is 0 Å². The summed E-state index contributed by atoms with van der Waals surface area (Å²) in [6.07, 6.45) is -26.0. The van der Waals surface area contributed by atoms with Crippen molar-refractivity contribution in [3.05, 3.63) is 0 Å². The number of ketones is 2. The third kappa shape index (κ3) is 19.4.